The van der Waals surface area contributed by atoms with Gasteiger partial charge in [0, 0.05) is 19.1 Å². The number of carbonyl (C=O) groups excluding carboxylic acids is 1. The van der Waals surface area contributed by atoms with E-state index in [2.05, 4.69) is 5.32 Å². The van der Waals surface area contributed by atoms with E-state index < -0.39 is 0 Å². The molecular formula is C15H24N2O3. The van der Waals surface area contributed by atoms with Gasteiger partial charge in [-0.1, -0.05) is 6.07 Å². The molecule has 0 saturated heterocycles. The SMILES string of the molecule is CCN(C(=O)NCc1ccc(OC)c(OC)c1)C(C)C. The second kappa shape index (κ2) is 7.62. The highest BCUT2D eigenvalue weighted by Crippen LogP contribution is 2.27. The van der Waals surface area contributed by atoms with E-state index in [1.165, 1.54) is 0 Å². The highest BCUT2D eigenvalue weighted by atomic mass is 16.5. The van der Waals surface area contributed by atoms with Crippen LogP contribution in [0, 0.1) is 0 Å². The highest BCUT2D eigenvalue weighted by molar-refractivity contribution is 5.74. The molecular weight excluding hydrogens is 256 g/mol. The summed E-state index contributed by atoms with van der Waals surface area (Å²) in [6.07, 6.45) is 0. The number of hydrogen-bond donors (Lipinski definition) is 1. The molecule has 1 N–H and O–H groups in total. The van der Waals surface area contributed by atoms with Gasteiger partial charge in [0.25, 0.3) is 0 Å². The second-order valence-electron chi connectivity index (χ2n) is 4.73. The number of benzene rings is 1. The summed E-state index contributed by atoms with van der Waals surface area (Å²) in [6.45, 7) is 7.12. The Balaban J connectivity index is 2.68. The molecule has 0 saturated carbocycles. The van der Waals surface area contributed by atoms with Gasteiger partial charge in [0.05, 0.1) is 14.2 Å². The van der Waals surface area contributed by atoms with Crippen LogP contribution >= 0.6 is 0 Å². The molecule has 0 bridgehead atoms. The average molecular weight is 280 g/mol. The van der Waals surface area contributed by atoms with Crippen molar-refractivity contribution in [1.82, 2.24) is 10.2 Å². The molecule has 0 aliphatic rings. The third kappa shape index (κ3) is 4.05. The van der Waals surface area contributed by atoms with Crippen LogP contribution in [0.15, 0.2) is 18.2 Å². The molecule has 0 fully saturated rings. The number of nitrogens with one attached hydrogen (secondary N) is 1. The van der Waals surface area contributed by atoms with E-state index in [0.717, 1.165) is 5.56 Å². The summed E-state index contributed by atoms with van der Waals surface area (Å²) in [4.78, 5) is 13.8. The minimum absolute atomic E-state index is 0.0581. The fraction of sp³-hybridized carbons (Fsp3) is 0.533. The van der Waals surface area contributed by atoms with Crippen molar-refractivity contribution in [3.63, 3.8) is 0 Å². The van der Waals surface area contributed by atoms with Gasteiger partial charge in [-0.2, -0.15) is 0 Å². The van der Waals surface area contributed by atoms with Crippen molar-refractivity contribution in [3.05, 3.63) is 23.8 Å². The Morgan fingerprint density at radius 1 is 1.25 bits per heavy atom. The lowest BCUT2D eigenvalue weighted by Crippen LogP contribution is -2.43. The molecule has 112 valence electrons. The number of carbonyl (C=O) groups is 1. The van der Waals surface area contributed by atoms with Crippen LogP contribution in [0.2, 0.25) is 0 Å². The summed E-state index contributed by atoms with van der Waals surface area (Å²) in [5.74, 6) is 1.34. The minimum Gasteiger partial charge on any atom is -0.493 e. The molecule has 0 aliphatic carbocycles. The number of methoxy groups -OCH3 is 2. The number of urea groups is 1. The van der Waals surface area contributed by atoms with Crippen molar-refractivity contribution in [1.29, 1.82) is 0 Å². The molecule has 5 nitrogen and oxygen atoms in total. The molecule has 1 aromatic rings. The van der Waals surface area contributed by atoms with Crippen molar-refractivity contribution in [3.8, 4) is 11.5 Å². The Hall–Kier alpha value is -1.91. The second-order valence-corrected chi connectivity index (χ2v) is 4.73. The molecule has 0 heterocycles. The van der Waals surface area contributed by atoms with E-state index in [1.807, 2.05) is 39.0 Å². The zero-order valence-corrected chi connectivity index (χ0v) is 12.9. The molecule has 1 rings (SSSR count). The Labute approximate surface area is 120 Å². The lowest BCUT2D eigenvalue weighted by Gasteiger charge is -2.25. The average Bonchev–Trinajstić information content (AvgIpc) is 2.45. The normalized spacial score (nSPS) is 10.3. The van der Waals surface area contributed by atoms with Gasteiger partial charge in [0.15, 0.2) is 11.5 Å². The predicted octanol–water partition coefficient (Wildman–Crippen LogP) is 2.64. The Bertz CT molecular complexity index is 447. The van der Waals surface area contributed by atoms with Crippen molar-refractivity contribution in [2.24, 2.45) is 0 Å². The summed E-state index contributed by atoms with van der Waals surface area (Å²) in [7, 11) is 3.19. The summed E-state index contributed by atoms with van der Waals surface area (Å²) in [6, 6.07) is 5.74. The van der Waals surface area contributed by atoms with Crippen molar-refractivity contribution in [2.75, 3.05) is 20.8 Å². The van der Waals surface area contributed by atoms with E-state index in [1.54, 1.807) is 19.1 Å². The molecule has 0 radical (unpaired) electrons. The van der Waals surface area contributed by atoms with Crippen LogP contribution in [0.1, 0.15) is 26.3 Å². The van der Waals surface area contributed by atoms with Crippen LogP contribution in [-0.2, 0) is 6.54 Å². The van der Waals surface area contributed by atoms with E-state index in [4.69, 9.17) is 9.47 Å². The number of amides is 2. The van der Waals surface area contributed by atoms with Gasteiger partial charge >= 0.3 is 6.03 Å². The molecule has 5 heteroatoms. The van der Waals surface area contributed by atoms with E-state index in [0.29, 0.717) is 24.6 Å². The molecule has 0 atom stereocenters. The molecule has 0 aromatic heterocycles. The van der Waals surface area contributed by atoms with Crippen molar-refractivity contribution in [2.45, 2.75) is 33.4 Å². The first-order chi connectivity index (χ1) is 9.53. The lowest BCUT2D eigenvalue weighted by molar-refractivity contribution is 0.186. The van der Waals surface area contributed by atoms with Gasteiger partial charge in [-0.05, 0) is 38.5 Å². The summed E-state index contributed by atoms with van der Waals surface area (Å²) < 4.78 is 10.4. The first-order valence-electron chi connectivity index (χ1n) is 6.78. The van der Waals surface area contributed by atoms with E-state index in [-0.39, 0.29) is 12.1 Å². The maximum absolute atomic E-state index is 12.0. The third-order valence-corrected chi connectivity index (χ3v) is 3.12. The minimum atomic E-state index is -0.0581. The number of ether oxygens (including phenoxy) is 2. The van der Waals surface area contributed by atoms with Gasteiger partial charge in [0.1, 0.15) is 0 Å². The Kier molecular flexibility index (Phi) is 6.15. The van der Waals surface area contributed by atoms with Gasteiger partial charge < -0.3 is 19.7 Å². The largest absolute Gasteiger partial charge is 0.493 e. The molecule has 0 unspecified atom stereocenters. The number of rotatable bonds is 6. The maximum atomic E-state index is 12.0. The van der Waals surface area contributed by atoms with Crippen LogP contribution in [-0.4, -0.2) is 37.7 Å². The maximum Gasteiger partial charge on any atom is 0.317 e. The van der Waals surface area contributed by atoms with Crippen LogP contribution in [0.25, 0.3) is 0 Å². The monoisotopic (exact) mass is 280 g/mol. The zero-order valence-electron chi connectivity index (χ0n) is 12.9. The standard InChI is InChI=1S/C15H24N2O3/c1-6-17(11(2)3)15(18)16-10-12-7-8-13(19-4)14(9-12)20-5/h7-9,11H,6,10H2,1-5H3,(H,16,18). The van der Waals surface area contributed by atoms with Gasteiger partial charge in [-0.3, -0.25) is 0 Å². The van der Waals surface area contributed by atoms with Crippen LogP contribution in [0.5, 0.6) is 11.5 Å². The first-order valence-corrected chi connectivity index (χ1v) is 6.78. The van der Waals surface area contributed by atoms with Crippen LogP contribution in [0.3, 0.4) is 0 Å². The summed E-state index contributed by atoms with van der Waals surface area (Å²) in [5, 5.41) is 2.91. The molecule has 0 spiro atoms. The van der Waals surface area contributed by atoms with Crippen molar-refractivity contribution >= 4 is 6.03 Å². The summed E-state index contributed by atoms with van der Waals surface area (Å²) >= 11 is 0. The lowest BCUT2D eigenvalue weighted by atomic mass is 10.2. The molecule has 20 heavy (non-hydrogen) atoms. The van der Waals surface area contributed by atoms with Crippen LogP contribution < -0.4 is 14.8 Å². The first kappa shape index (κ1) is 16.1. The van der Waals surface area contributed by atoms with E-state index >= 15 is 0 Å². The highest BCUT2D eigenvalue weighted by Gasteiger charge is 2.14. The van der Waals surface area contributed by atoms with Gasteiger partial charge in [-0.25, -0.2) is 4.79 Å². The van der Waals surface area contributed by atoms with Crippen molar-refractivity contribution < 1.29 is 14.3 Å². The topological polar surface area (TPSA) is 50.8 Å². The summed E-state index contributed by atoms with van der Waals surface area (Å²) in [5.41, 5.74) is 0.968. The number of hydrogen-bond acceptors (Lipinski definition) is 3. The van der Waals surface area contributed by atoms with Gasteiger partial charge in [0.2, 0.25) is 0 Å². The quantitative estimate of drug-likeness (QED) is 0.871. The fourth-order valence-corrected chi connectivity index (χ4v) is 2.01. The van der Waals surface area contributed by atoms with E-state index in [9.17, 15) is 4.79 Å². The zero-order chi connectivity index (χ0) is 15.1. The molecule has 0 aliphatic heterocycles. The van der Waals surface area contributed by atoms with Gasteiger partial charge in [-0.15, -0.1) is 0 Å². The Morgan fingerprint density at radius 2 is 1.90 bits per heavy atom. The Morgan fingerprint density at radius 3 is 2.40 bits per heavy atom. The molecule has 1 aromatic carbocycles. The molecule has 2 amide bonds. The fourth-order valence-electron chi connectivity index (χ4n) is 2.01. The number of nitrogens with zero attached hydrogens (tertiary/aromatic N) is 1. The third-order valence-electron chi connectivity index (χ3n) is 3.12. The smallest absolute Gasteiger partial charge is 0.317 e. The predicted molar refractivity (Wildman–Crippen MR) is 79.3 cm³/mol. The van der Waals surface area contributed by atoms with Crippen LogP contribution in [0.4, 0.5) is 4.79 Å².